The van der Waals surface area contributed by atoms with E-state index >= 15 is 0 Å². The highest BCUT2D eigenvalue weighted by Crippen LogP contribution is 2.35. The monoisotopic (exact) mass is 386 g/mol. The minimum atomic E-state index is -0.423. The lowest BCUT2D eigenvalue weighted by Gasteiger charge is -2.39. The maximum Gasteiger partial charge on any atom is 0.325 e. The highest BCUT2D eigenvalue weighted by atomic mass is 16.5. The fourth-order valence-corrected chi connectivity index (χ4v) is 4.21. The average molecular weight is 386 g/mol. The maximum atomic E-state index is 12.9. The fraction of sp³-hybridized carbons (Fsp3) is 0.632. The number of hydrogen-bond acceptors (Lipinski definition) is 7. The van der Waals surface area contributed by atoms with Crippen molar-refractivity contribution in [3.05, 3.63) is 12.0 Å². The van der Waals surface area contributed by atoms with Gasteiger partial charge in [-0.25, -0.2) is 9.97 Å². The van der Waals surface area contributed by atoms with Crippen molar-refractivity contribution in [2.24, 2.45) is 7.05 Å². The Morgan fingerprint density at radius 3 is 2.71 bits per heavy atom. The van der Waals surface area contributed by atoms with Crippen LogP contribution < -0.4 is 4.90 Å². The number of amides is 1. The maximum absolute atomic E-state index is 12.9. The predicted molar refractivity (Wildman–Crippen MR) is 103 cm³/mol. The van der Waals surface area contributed by atoms with Gasteiger partial charge in [0.2, 0.25) is 5.91 Å². The van der Waals surface area contributed by atoms with Gasteiger partial charge in [-0.2, -0.15) is 5.10 Å². The van der Waals surface area contributed by atoms with Gasteiger partial charge in [0.1, 0.15) is 24.2 Å². The molecule has 2 aromatic rings. The number of nitrogens with zero attached hydrogens (tertiary/aromatic N) is 6. The predicted octanol–water partition coefficient (Wildman–Crippen LogP) is 1.23. The molecule has 0 N–H and O–H groups in total. The molecule has 150 valence electrons. The van der Waals surface area contributed by atoms with Crippen LogP contribution in [0.15, 0.2) is 6.20 Å². The number of hydrogen-bond donors (Lipinski definition) is 0. The zero-order chi connectivity index (χ0) is 19.8. The Balaban J connectivity index is 1.68. The summed E-state index contributed by atoms with van der Waals surface area (Å²) in [4.78, 5) is 37.7. The molecule has 0 unspecified atom stereocenters. The minimum absolute atomic E-state index is 0.0209. The highest BCUT2D eigenvalue weighted by molar-refractivity contribution is 5.93. The van der Waals surface area contributed by atoms with Crippen LogP contribution in [0.25, 0.3) is 11.0 Å². The number of carbonyl (C=O) groups is 2. The lowest BCUT2D eigenvalue weighted by atomic mass is 10.1. The third-order valence-electron chi connectivity index (χ3n) is 5.88. The summed E-state index contributed by atoms with van der Waals surface area (Å²) in [6.45, 7) is 2.87. The number of rotatable bonds is 4. The van der Waals surface area contributed by atoms with E-state index < -0.39 is 12.0 Å². The van der Waals surface area contributed by atoms with E-state index in [0.717, 1.165) is 35.5 Å². The summed E-state index contributed by atoms with van der Waals surface area (Å²) in [5, 5.41) is 5.21. The van der Waals surface area contributed by atoms with E-state index in [1.54, 1.807) is 15.8 Å². The Hall–Kier alpha value is -2.71. The van der Waals surface area contributed by atoms with Gasteiger partial charge in [-0.05, 0) is 19.8 Å². The summed E-state index contributed by atoms with van der Waals surface area (Å²) in [6, 6.07) is -0.423. The molecule has 2 aliphatic rings. The molecular formula is C19H26N6O3. The molecule has 1 aliphatic carbocycles. The van der Waals surface area contributed by atoms with Gasteiger partial charge >= 0.3 is 5.97 Å². The van der Waals surface area contributed by atoms with Crippen LogP contribution in [0.2, 0.25) is 0 Å². The quantitative estimate of drug-likeness (QED) is 0.730. The van der Waals surface area contributed by atoms with Crippen LogP contribution in [0.1, 0.15) is 44.3 Å². The number of esters is 1. The van der Waals surface area contributed by atoms with Crippen molar-refractivity contribution < 1.29 is 14.3 Å². The summed E-state index contributed by atoms with van der Waals surface area (Å²) in [5.41, 5.74) is 0.795. The molecule has 2 fully saturated rings. The van der Waals surface area contributed by atoms with Crippen molar-refractivity contribution in [3.8, 4) is 0 Å². The molecule has 1 aliphatic heterocycles. The first kappa shape index (κ1) is 18.6. The summed E-state index contributed by atoms with van der Waals surface area (Å²) in [6.07, 6.45) is 6.37. The first-order valence-electron chi connectivity index (χ1n) is 9.81. The van der Waals surface area contributed by atoms with Gasteiger partial charge in [0.05, 0.1) is 18.7 Å². The van der Waals surface area contributed by atoms with Crippen LogP contribution in [0, 0.1) is 0 Å². The molecule has 0 bridgehead atoms. The molecule has 4 rings (SSSR count). The second kappa shape index (κ2) is 7.37. The summed E-state index contributed by atoms with van der Waals surface area (Å²) < 4.78 is 6.47. The molecule has 9 heteroatoms. The van der Waals surface area contributed by atoms with E-state index in [1.807, 2.05) is 18.9 Å². The van der Waals surface area contributed by atoms with Crippen molar-refractivity contribution in [2.75, 3.05) is 31.6 Å². The molecule has 28 heavy (non-hydrogen) atoms. The van der Waals surface area contributed by atoms with Gasteiger partial charge in [0, 0.05) is 26.1 Å². The van der Waals surface area contributed by atoms with E-state index in [0.29, 0.717) is 19.0 Å². The Morgan fingerprint density at radius 2 is 2.00 bits per heavy atom. The van der Waals surface area contributed by atoms with Gasteiger partial charge in [0.25, 0.3) is 0 Å². The van der Waals surface area contributed by atoms with Gasteiger partial charge in [-0.15, -0.1) is 0 Å². The van der Waals surface area contributed by atoms with Crippen molar-refractivity contribution in [1.29, 1.82) is 0 Å². The number of fused-ring (bicyclic) bond motifs is 1. The van der Waals surface area contributed by atoms with E-state index in [2.05, 4.69) is 5.10 Å². The fourth-order valence-electron chi connectivity index (χ4n) is 4.21. The standard InChI is InChI=1S/C19H26N6O3/c1-12-19(27)24(11-15(26)28-3)8-9-25(12)18-14-10-20-23(2)17(14)21-16(22-18)13-6-4-5-7-13/h10,12-13H,4-9,11H2,1-3H3/t12-/m1/s1. The van der Waals surface area contributed by atoms with E-state index in [4.69, 9.17) is 14.7 Å². The second-order valence-corrected chi connectivity index (χ2v) is 7.60. The summed E-state index contributed by atoms with van der Waals surface area (Å²) in [7, 11) is 3.21. The second-order valence-electron chi connectivity index (χ2n) is 7.60. The molecule has 0 spiro atoms. The van der Waals surface area contributed by atoms with Crippen LogP contribution in [-0.4, -0.2) is 69.3 Å². The molecule has 1 atom stereocenters. The first-order valence-corrected chi connectivity index (χ1v) is 9.81. The molecular weight excluding hydrogens is 360 g/mol. The Bertz CT molecular complexity index is 904. The normalized spacial score (nSPS) is 21.0. The number of methoxy groups -OCH3 is 1. The SMILES string of the molecule is COC(=O)CN1CCN(c2nc(C3CCCC3)nc3c2cnn3C)[C@H](C)C1=O. The third kappa shape index (κ3) is 3.18. The van der Waals surface area contributed by atoms with Crippen molar-refractivity contribution in [2.45, 2.75) is 44.6 Å². The van der Waals surface area contributed by atoms with Crippen molar-refractivity contribution in [1.82, 2.24) is 24.6 Å². The number of anilines is 1. The van der Waals surface area contributed by atoms with Crippen LogP contribution in [0.3, 0.4) is 0 Å². The van der Waals surface area contributed by atoms with E-state index in [-0.39, 0.29) is 12.5 Å². The lowest BCUT2D eigenvalue weighted by Crippen LogP contribution is -2.57. The zero-order valence-electron chi connectivity index (χ0n) is 16.6. The molecule has 3 heterocycles. The topological polar surface area (TPSA) is 93.4 Å². The Morgan fingerprint density at radius 1 is 1.25 bits per heavy atom. The Labute approximate surface area is 163 Å². The molecule has 1 saturated heterocycles. The van der Waals surface area contributed by atoms with Crippen LogP contribution >= 0.6 is 0 Å². The van der Waals surface area contributed by atoms with Gasteiger partial charge in [0.15, 0.2) is 5.65 Å². The largest absolute Gasteiger partial charge is 0.468 e. The van der Waals surface area contributed by atoms with Crippen molar-refractivity contribution >= 4 is 28.7 Å². The molecule has 0 radical (unpaired) electrons. The van der Waals surface area contributed by atoms with Gasteiger partial charge in [-0.1, -0.05) is 12.8 Å². The van der Waals surface area contributed by atoms with Gasteiger partial charge in [-0.3, -0.25) is 14.3 Å². The van der Waals surface area contributed by atoms with Crippen molar-refractivity contribution in [3.63, 3.8) is 0 Å². The lowest BCUT2D eigenvalue weighted by molar-refractivity contribution is -0.148. The molecule has 9 nitrogen and oxygen atoms in total. The van der Waals surface area contributed by atoms with E-state index in [9.17, 15) is 9.59 Å². The smallest absolute Gasteiger partial charge is 0.325 e. The number of piperazine rings is 1. The van der Waals surface area contributed by atoms with E-state index in [1.165, 1.54) is 20.0 Å². The average Bonchev–Trinajstić information content (AvgIpc) is 3.35. The molecule has 1 saturated carbocycles. The third-order valence-corrected chi connectivity index (χ3v) is 5.88. The first-order chi connectivity index (χ1) is 13.5. The molecule has 1 amide bonds. The van der Waals surface area contributed by atoms with Crippen LogP contribution in [-0.2, 0) is 21.4 Å². The number of carbonyl (C=O) groups excluding carboxylic acids is 2. The minimum Gasteiger partial charge on any atom is -0.468 e. The highest BCUT2D eigenvalue weighted by Gasteiger charge is 2.35. The number of aryl methyl sites for hydroxylation is 1. The number of ether oxygens (including phenoxy) is 1. The molecule has 0 aromatic carbocycles. The van der Waals surface area contributed by atoms with Gasteiger partial charge < -0.3 is 14.5 Å². The molecule has 2 aromatic heterocycles. The zero-order valence-corrected chi connectivity index (χ0v) is 16.6. The van der Waals surface area contributed by atoms with Crippen LogP contribution in [0.4, 0.5) is 5.82 Å². The number of aromatic nitrogens is 4. The summed E-state index contributed by atoms with van der Waals surface area (Å²) >= 11 is 0. The Kier molecular flexibility index (Phi) is 4.91. The van der Waals surface area contributed by atoms with Crippen LogP contribution in [0.5, 0.6) is 0 Å². The summed E-state index contributed by atoms with van der Waals surface area (Å²) in [5.74, 6) is 1.47.